The van der Waals surface area contributed by atoms with Crippen LogP contribution in [0.3, 0.4) is 0 Å². The summed E-state index contributed by atoms with van der Waals surface area (Å²) in [5.41, 5.74) is -0.496. The minimum absolute atomic E-state index is 0.0919. The van der Waals surface area contributed by atoms with Crippen molar-refractivity contribution in [1.29, 1.82) is 0 Å². The molecule has 1 unspecified atom stereocenters. The molecule has 1 atom stereocenters. The summed E-state index contributed by atoms with van der Waals surface area (Å²) in [6, 6.07) is 5.65. The Labute approximate surface area is 126 Å². The van der Waals surface area contributed by atoms with Crippen LogP contribution in [0.2, 0.25) is 0 Å². The number of hydrogen-bond acceptors (Lipinski definition) is 3. The van der Waals surface area contributed by atoms with E-state index in [0.29, 0.717) is 5.01 Å². The number of aromatic nitrogens is 1. The van der Waals surface area contributed by atoms with Crippen LogP contribution in [-0.4, -0.2) is 11.5 Å². The van der Waals surface area contributed by atoms with Crippen LogP contribution in [0.4, 0.5) is 13.2 Å². The second-order valence-corrected chi connectivity index (χ2v) is 5.85. The van der Waals surface area contributed by atoms with Gasteiger partial charge in [0.1, 0.15) is 5.01 Å². The third-order valence-electron chi connectivity index (χ3n) is 3.11. The number of nitrogens with one attached hydrogen (secondary N) is 1. The van der Waals surface area contributed by atoms with Crippen molar-refractivity contribution < 1.29 is 13.2 Å². The van der Waals surface area contributed by atoms with Crippen LogP contribution in [0.15, 0.2) is 30.5 Å². The SMILES string of the molecule is CCCNC(C)c1cnc(-c2ccccc2C(F)(F)F)s1. The van der Waals surface area contributed by atoms with E-state index in [2.05, 4.69) is 17.2 Å². The van der Waals surface area contributed by atoms with Crippen LogP contribution in [0.25, 0.3) is 10.6 Å². The minimum atomic E-state index is -4.37. The predicted octanol–water partition coefficient (Wildman–Crippen LogP) is 4.89. The third kappa shape index (κ3) is 3.83. The Morgan fingerprint density at radius 3 is 2.67 bits per heavy atom. The summed E-state index contributed by atoms with van der Waals surface area (Å²) in [6.45, 7) is 4.92. The Bertz CT molecular complexity index is 593. The highest BCUT2D eigenvalue weighted by Crippen LogP contribution is 2.38. The summed E-state index contributed by atoms with van der Waals surface area (Å²) in [6.07, 6.45) is -1.71. The number of halogens is 3. The smallest absolute Gasteiger partial charge is 0.309 e. The zero-order valence-corrected chi connectivity index (χ0v) is 12.7. The molecule has 2 nitrogen and oxygen atoms in total. The zero-order chi connectivity index (χ0) is 15.5. The molecule has 1 aromatic carbocycles. The molecule has 0 spiro atoms. The summed E-state index contributed by atoms with van der Waals surface area (Å²) in [5.74, 6) is 0. The fourth-order valence-electron chi connectivity index (χ4n) is 1.99. The fraction of sp³-hybridized carbons (Fsp3) is 0.400. The molecule has 0 saturated heterocycles. The first-order chi connectivity index (χ1) is 9.93. The fourth-order valence-corrected chi connectivity index (χ4v) is 2.97. The minimum Gasteiger partial charge on any atom is -0.309 e. The first kappa shape index (κ1) is 16.0. The summed E-state index contributed by atoms with van der Waals surface area (Å²) < 4.78 is 39.1. The van der Waals surface area contributed by atoms with Crippen molar-refractivity contribution >= 4 is 11.3 Å². The molecular weight excluding hydrogens is 297 g/mol. The van der Waals surface area contributed by atoms with Gasteiger partial charge in [-0.05, 0) is 26.0 Å². The van der Waals surface area contributed by atoms with E-state index in [-0.39, 0.29) is 11.6 Å². The lowest BCUT2D eigenvalue weighted by molar-refractivity contribution is -0.137. The van der Waals surface area contributed by atoms with Gasteiger partial charge in [-0.2, -0.15) is 13.2 Å². The molecule has 0 aliphatic rings. The van der Waals surface area contributed by atoms with Gasteiger partial charge in [0.15, 0.2) is 0 Å². The van der Waals surface area contributed by atoms with E-state index in [9.17, 15) is 13.2 Å². The van der Waals surface area contributed by atoms with Crippen LogP contribution >= 0.6 is 11.3 Å². The molecule has 2 rings (SSSR count). The lowest BCUT2D eigenvalue weighted by atomic mass is 10.1. The topological polar surface area (TPSA) is 24.9 Å². The lowest BCUT2D eigenvalue weighted by Gasteiger charge is -2.11. The maximum atomic E-state index is 13.0. The van der Waals surface area contributed by atoms with Gasteiger partial charge < -0.3 is 5.32 Å². The van der Waals surface area contributed by atoms with E-state index < -0.39 is 11.7 Å². The maximum absolute atomic E-state index is 13.0. The van der Waals surface area contributed by atoms with Crippen LogP contribution in [0.5, 0.6) is 0 Å². The Balaban J connectivity index is 2.30. The van der Waals surface area contributed by atoms with Crippen molar-refractivity contribution in [3.05, 3.63) is 40.9 Å². The summed E-state index contributed by atoms with van der Waals surface area (Å²) in [5, 5.41) is 3.71. The predicted molar refractivity (Wildman–Crippen MR) is 79.3 cm³/mol. The quantitative estimate of drug-likeness (QED) is 0.850. The van der Waals surface area contributed by atoms with Gasteiger partial charge in [0, 0.05) is 22.7 Å². The molecule has 0 bridgehead atoms. The van der Waals surface area contributed by atoms with Gasteiger partial charge in [0.2, 0.25) is 0 Å². The molecule has 0 radical (unpaired) electrons. The third-order valence-corrected chi connectivity index (χ3v) is 4.33. The van der Waals surface area contributed by atoms with Crippen LogP contribution < -0.4 is 5.32 Å². The summed E-state index contributed by atoms with van der Waals surface area (Å²) in [4.78, 5) is 5.11. The van der Waals surface area contributed by atoms with E-state index in [1.165, 1.54) is 23.5 Å². The second-order valence-electron chi connectivity index (χ2n) is 4.79. The standard InChI is InChI=1S/C15H17F3N2S/c1-3-8-19-10(2)13-9-20-14(21-13)11-6-4-5-7-12(11)15(16,17)18/h4-7,9-10,19H,3,8H2,1-2H3. The highest BCUT2D eigenvalue weighted by molar-refractivity contribution is 7.15. The summed E-state index contributed by atoms with van der Waals surface area (Å²) in [7, 11) is 0. The molecule has 0 aliphatic heterocycles. The molecule has 1 heterocycles. The number of nitrogens with zero attached hydrogens (tertiary/aromatic N) is 1. The van der Waals surface area contributed by atoms with Crippen molar-refractivity contribution in [2.45, 2.75) is 32.5 Å². The van der Waals surface area contributed by atoms with Crippen molar-refractivity contribution in [2.24, 2.45) is 0 Å². The van der Waals surface area contributed by atoms with Gasteiger partial charge in [0.25, 0.3) is 0 Å². The highest BCUT2D eigenvalue weighted by atomic mass is 32.1. The molecule has 0 fully saturated rings. The number of alkyl halides is 3. The lowest BCUT2D eigenvalue weighted by Crippen LogP contribution is -2.18. The van der Waals surface area contributed by atoms with Crippen LogP contribution in [-0.2, 0) is 6.18 Å². The van der Waals surface area contributed by atoms with Gasteiger partial charge in [-0.1, -0.05) is 25.1 Å². The average Bonchev–Trinajstić information content (AvgIpc) is 2.93. The van der Waals surface area contributed by atoms with E-state index in [1.54, 1.807) is 12.3 Å². The largest absolute Gasteiger partial charge is 0.417 e. The number of hydrogen-bond donors (Lipinski definition) is 1. The Kier molecular flexibility index (Phi) is 5.00. The molecular formula is C15H17F3N2S. The molecule has 0 amide bonds. The van der Waals surface area contributed by atoms with Crippen molar-refractivity contribution in [3.63, 3.8) is 0 Å². The molecule has 21 heavy (non-hydrogen) atoms. The van der Waals surface area contributed by atoms with Crippen molar-refractivity contribution in [1.82, 2.24) is 10.3 Å². The zero-order valence-electron chi connectivity index (χ0n) is 11.9. The normalized spacial score (nSPS) is 13.4. The second kappa shape index (κ2) is 6.58. The molecule has 6 heteroatoms. The first-order valence-electron chi connectivity index (χ1n) is 6.79. The molecule has 2 aromatic rings. The van der Waals surface area contributed by atoms with Crippen LogP contribution in [0, 0.1) is 0 Å². The van der Waals surface area contributed by atoms with Gasteiger partial charge in [0.05, 0.1) is 5.56 Å². The molecule has 0 aliphatic carbocycles. The summed E-state index contributed by atoms with van der Waals surface area (Å²) >= 11 is 1.30. The van der Waals surface area contributed by atoms with E-state index in [1.807, 2.05) is 6.92 Å². The van der Waals surface area contributed by atoms with Gasteiger partial charge in [-0.3, -0.25) is 0 Å². The number of benzene rings is 1. The van der Waals surface area contributed by atoms with Crippen molar-refractivity contribution in [3.8, 4) is 10.6 Å². The number of thiazole rings is 1. The van der Waals surface area contributed by atoms with Gasteiger partial charge in [-0.25, -0.2) is 4.98 Å². The van der Waals surface area contributed by atoms with Crippen molar-refractivity contribution in [2.75, 3.05) is 6.54 Å². The van der Waals surface area contributed by atoms with E-state index in [0.717, 1.165) is 23.9 Å². The highest BCUT2D eigenvalue weighted by Gasteiger charge is 2.34. The molecule has 1 N–H and O–H groups in total. The average molecular weight is 314 g/mol. The van der Waals surface area contributed by atoms with Gasteiger partial charge in [-0.15, -0.1) is 11.3 Å². The first-order valence-corrected chi connectivity index (χ1v) is 7.60. The number of rotatable bonds is 5. The maximum Gasteiger partial charge on any atom is 0.417 e. The van der Waals surface area contributed by atoms with E-state index in [4.69, 9.17) is 0 Å². The van der Waals surface area contributed by atoms with Crippen LogP contribution in [0.1, 0.15) is 36.8 Å². The Hall–Kier alpha value is -1.40. The Morgan fingerprint density at radius 1 is 1.29 bits per heavy atom. The molecule has 1 aromatic heterocycles. The Morgan fingerprint density at radius 2 is 2.00 bits per heavy atom. The molecule has 114 valence electrons. The van der Waals surface area contributed by atoms with E-state index >= 15 is 0 Å². The van der Waals surface area contributed by atoms with Gasteiger partial charge >= 0.3 is 6.18 Å². The monoisotopic (exact) mass is 314 g/mol. The molecule has 0 saturated carbocycles.